The monoisotopic (exact) mass is 631 g/mol. The number of carbonyl (C=O) groups is 2. The quantitative estimate of drug-likeness (QED) is 0.0713. The van der Waals surface area contributed by atoms with Gasteiger partial charge in [0.15, 0.2) is 11.5 Å². The summed E-state index contributed by atoms with van der Waals surface area (Å²) in [5.74, 6) is 0.448. The fourth-order valence-corrected chi connectivity index (χ4v) is 5.10. The second kappa shape index (κ2) is 13.5. The molecule has 5 rings (SSSR count). The van der Waals surface area contributed by atoms with Gasteiger partial charge in [0.05, 0.1) is 48.5 Å². The van der Waals surface area contributed by atoms with Gasteiger partial charge in [-0.3, -0.25) is 4.79 Å². The Morgan fingerprint density at radius 3 is 2.25 bits per heavy atom. The highest BCUT2D eigenvalue weighted by molar-refractivity contribution is 6.34. The number of amides is 1. The van der Waals surface area contributed by atoms with Gasteiger partial charge < -0.3 is 23.9 Å². The fourth-order valence-electron chi connectivity index (χ4n) is 4.65. The fraction of sp³-hybridized carbons (Fsp3) is 0.121. The van der Waals surface area contributed by atoms with Crippen LogP contribution >= 0.6 is 23.2 Å². The molecule has 1 aromatic heterocycles. The number of nitrogens with one attached hydrogen (secondary N) is 2. The molecule has 4 aromatic carbocycles. The van der Waals surface area contributed by atoms with E-state index in [1.54, 1.807) is 74.9 Å². The lowest BCUT2D eigenvalue weighted by molar-refractivity contribution is 0.0728. The van der Waals surface area contributed by atoms with Gasteiger partial charge in [-0.05, 0) is 61.0 Å². The van der Waals surface area contributed by atoms with Crippen LogP contribution in [0.2, 0.25) is 10.0 Å². The van der Waals surface area contributed by atoms with Gasteiger partial charge >= 0.3 is 5.97 Å². The molecule has 0 radical (unpaired) electrons. The summed E-state index contributed by atoms with van der Waals surface area (Å²) in [6, 6.07) is 22.2. The third-order valence-corrected chi connectivity index (χ3v) is 7.29. The number of carbonyl (C=O) groups excluding carboxylic acids is 2. The molecule has 0 aliphatic rings. The number of benzene rings is 4. The van der Waals surface area contributed by atoms with E-state index >= 15 is 0 Å². The van der Waals surface area contributed by atoms with Gasteiger partial charge in [0, 0.05) is 16.1 Å². The Bertz CT molecular complexity index is 1890. The molecule has 9 nitrogen and oxygen atoms in total. The summed E-state index contributed by atoms with van der Waals surface area (Å²) in [5.41, 5.74) is 5.33. The van der Waals surface area contributed by atoms with Crippen LogP contribution in [0.15, 0.2) is 84.0 Å². The summed E-state index contributed by atoms with van der Waals surface area (Å²) < 4.78 is 22.4. The zero-order valence-corrected chi connectivity index (χ0v) is 25.5. The number of esters is 1. The topological polar surface area (TPSA) is 111 Å². The van der Waals surface area contributed by atoms with Crippen molar-refractivity contribution >= 4 is 52.2 Å². The number of fused-ring (bicyclic) bond motifs is 1. The van der Waals surface area contributed by atoms with Gasteiger partial charge in [-0.2, -0.15) is 5.10 Å². The summed E-state index contributed by atoms with van der Waals surface area (Å²) in [6.07, 6.45) is 1.44. The van der Waals surface area contributed by atoms with Crippen LogP contribution in [0.25, 0.3) is 22.0 Å². The van der Waals surface area contributed by atoms with E-state index in [2.05, 4.69) is 15.5 Å². The van der Waals surface area contributed by atoms with E-state index in [1.165, 1.54) is 6.21 Å². The third kappa shape index (κ3) is 6.20. The van der Waals surface area contributed by atoms with Crippen molar-refractivity contribution in [2.45, 2.75) is 6.92 Å². The smallest absolute Gasteiger partial charge is 0.345 e. The molecular formula is C33H27Cl2N3O6. The zero-order chi connectivity index (χ0) is 31.2. The number of hydrogen-bond acceptors (Lipinski definition) is 7. The first-order valence-electron chi connectivity index (χ1n) is 13.4. The first-order chi connectivity index (χ1) is 21.4. The van der Waals surface area contributed by atoms with Crippen molar-refractivity contribution in [1.29, 1.82) is 0 Å². The highest BCUT2D eigenvalue weighted by Gasteiger charge is 2.25. The molecule has 0 spiro atoms. The molecule has 0 fully saturated rings. The summed E-state index contributed by atoms with van der Waals surface area (Å²) in [4.78, 5) is 29.4. The van der Waals surface area contributed by atoms with E-state index in [4.69, 9.17) is 42.1 Å². The molecule has 44 heavy (non-hydrogen) atoms. The summed E-state index contributed by atoms with van der Waals surface area (Å²) in [6.45, 7) is 2.13. The van der Waals surface area contributed by atoms with Gasteiger partial charge in [0.1, 0.15) is 17.2 Å². The minimum absolute atomic E-state index is 0.211. The average molecular weight is 633 g/mol. The number of hydrogen-bond donors (Lipinski definition) is 2. The van der Waals surface area contributed by atoms with E-state index in [0.717, 1.165) is 0 Å². The number of hydrazone groups is 1. The summed E-state index contributed by atoms with van der Waals surface area (Å²) in [5, 5.41) is 5.53. The number of ether oxygens (including phenoxy) is 4. The van der Waals surface area contributed by atoms with E-state index in [-0.39, 0.29) is 22.0 Å². The standard InChI is InChI=1S/C33H27Cl2N3O6/c1-4-43-27-17-19(13-14-24(27)44-33(40)21-10-6-8-12-23(21)35)18-36-38-32(39)31-28(20-9-5-7-11-22(20)34)29-25(41-2)15-16-26(42-3)30(29)37-31/h5-18,37H,4H2,1-3H3,(H,38,39). The number of rotatable bonds is 10. The van der Waals surface area contributed by atoms with E-state index in [9.17, 15) is 9.59 Å². The van der Waals surface area contributed by atoms with Crippen molar-refractivity contribution in [3.8, 4) is 34.1 Å². The summed E-state index contributed by atoms with van der Waals surface area (Å²) >= 11 is 12.7. The van der Waals surface area contributed by atoms with Crippen LogP contribution in [0, 0.1) is 0 Å². The van der Waals surface area contributed by atoms with E-state index < -0.39 is 11.9 Å². The number of aromatic nitrogens is 1. The lowest BCUT2D eigenvalue weighted by atomic mass is 10.0. The Hall–Kier alpha value is -4.99. The first kappa shape index (κ1) is 30.5. The molecule has 1 heterocycles. The number of methoxy groups -OCH3 is 2. The molecule has 11 heteroatoms. The van der Waals surface area contributed by atoms with Gasteiger partial charge in [-0.15, -0.1) is 0 Å². The Labute approximate surface area is 263 Å². The Morgan fingerprint density at radius 1 is 0.864 bits per heavy atom. The highest BCUT2D eigenvalue weighted by Crippen LogP contribution is 2.44. The van der Waals surface area contributed by atoms with Crippen LogP contribution in [0.4, 0.5) is 0 Å². The molecule has 224 valence electrons. The number of halogens is 2. The van der Waals surface area contributed by atoms with Gasteiger partial charge in [-0.25, -0.2) is 10.2 Å². The second-order valence-electron chi connectivity index (χ2n) is 9.28. The molecule has 0 saturated heterocycles. The zero-order valence-electron chi connectivity index (χ0n) is 23.9. The van der Waals surface area contributed by atoms with Crippen LogP contribution in [0.1, 0.15) is 33.3 Å². The predicted molar refractivity (Wildman–Crippen MR) is 171 cm³/mol. The molecule has 0 bridgehead atoms. The Morgan fingerprint density at radius 2 is 1.55 bits per heavy atom. The van der Waals surface area contributed by atoms with Crippen LogP contribution < -0.4 is 24.4 Å². The summed E-state index contributed by atoms with van der Waals surface area (Å²) in [7, 11) is 3.09. The Kier molecular flexibility index (Phi) is 9.38. The van der Waals surface area contributed by atoms with E-state index in [0.29, 0.717) is 56.5 Å². The molecule has 0 aliphatic carbocycles. The van der Waals surface area contributed by atoms with Crippen LogP contribution in [0.3, 0.4) is 0 Å². The van der Waals surface area contributed by atoms with Crippen LogP contribution in [0.5, 0.6) is 23.0 Å². The first-order valence-corrected chi connectivity index (χ1v) is 14.2. The maximum absolute atomic E-state index is 13.5. The number of H-pyrrole nitrogens is 1. The van der Waals surface area contributed by atoms with Gasteiger partial charge in [0.25, 0.3) is 5.91 Å². The number of aromatic amines is 1. The molecule has 5 aromatic rings. The largest absolute Gasteiger partial charge is 0.496 e. The maximum Gasteiger partial charge on any atom is 0.345 e. The lowest BCUT2D eigenvalue weighted by Crippen LogP contribution is -2.19. The molecule has 0 atom stereocenters. The molecular weight excluding hydrogens is 605 g/mol. The minimum atomic E-state index is -0.619. The lowest BCUT2D eigenvalue weighted by Gasteiger charge is -2.12. The molecule has 0 unspecified atom stereocenters. The predicted octanol–water partition coefficient (Wildman–Crippen LogP) is 7.54. The maximum atomic E-state index is 13.5. The van der Waals surface area contributed by atoms with Crippen molar-refractivity contribution in [3.63, 3.8) is 0 Å². The third-order valence-electron chi connectivity index (χ3n) is 6.63. The molecule has 2 N–H and O–H groups in total. The van der Waals surface area contributed by atoms with Crippen molar-refractivity contribution in [3.05, 3.63) is 106 Å². The highest BCUT2D eigenvalue weighted by atomic mass is 35.5. The van der Waals surface area contributed by atoms with Gasteiger partial charge in [-0.1, -0.05) is 53.5 Å². The average Bonchev–Trinajstić information content (AvgIpc) is 3.43. The van der Waals surface area contributed by atoms with Crippen molar-refractivity contribution in [2.24, 2.45) is 5.10 Å². The van der Waals surface area contributed by atoms with Crippen molar-refractivity contribution < 1.29 is 28.5 Å². The SMILES string of the molecule is CCOc1cc(C=NNC(=O)c2[nH]c3c(OC)ccc(OC)c3c2-c2ccccc2Cl)ccc1OC(=O)c1ccccc1Cl. The molecule has 0 aliphatic heterocycles. The minimum Gasteiger partial charge on any atom is -0.496 e. The van der Waals surface area contributed by atoms with Crippen LogP contribution in [-0.4, -0.2) is 43.9 Å². The normalized spacial score (nSPS) is 11.0. The van der Waals surface area contributed by atoms with Crippen molar-refractivity contribution in [1.82, 2.24) is 10.4 Å². The number of nitrogens with zero attached hydrogens (tertiary/aromatic N) is 1. The van der Waals surface area contributed by atoms with Crippen molar-refractivity contribution in [2.75, 3.05) is 20.8 Å². The van der Waals surface area contributed by atoms with Crippen LogP contribution in [-0.2, 0) is 0 Å². The van der Waals surface area contributed by atoms with E-state index in [1.807, 2.05) is 25.1 Å². The second-order valence-corrected chi connectivity index (χ2v) is 10.1. The molecule has 0 saturated carbocycles. The molecule has 1 amide bonds. The Balaban J connectivity index is 1.44. The van der Waals surface area contributed by atoms with Gasteiger partial charge in [0.2, 0.25) is 0 Å².